The Kier molecular flexibility index (Phi) is 5.14. The van der Waals surface area contributed by atoms with Gasteiger partial charge in [0.15, 0.2) is 0 Å². The predicted octanol–water partition coefficient (Wildman–Crippen LogP) is 2.89. The molecule has 2 rings (SSSR count). The highest BCUT2D eigenvalue weighted by molar-refractivity contribution is 5.69. The van der Waals surface area contributed by atoms with E-state index < -0.39 is 5.60 Å². The maximum absolute atomic E-state index is 14.0. The first-order chi connectivity index (χ1) is 10.6. The summed E-state index contributed by atoms with van der Waals surface area (Å²) in [6.45, 7) is 6.94. The normalized spacial score (nSPS) is 15.5. The fourth-order valence-corrected chi connectivity index (χ4v) is 2.25. The molecule has 1 aliphatic heterocycles. The zero-order valence-corrected chi connectivity index (χ0v) is 14.4. The summed E-state index contributed by atoms with van der Waals surface area (Å²) in [5.74, 6) is 0.207. The maximum atomic E-state index is 14.0. The number of likely N-dealkylation sites (tertiary alicyclic amines) is 1. The summed E-state index contributed by atoms with van der Waals surface area (Å²) in [6.07, 6.45) is -0.466. The molecule has 0 spiro atoms. The Morgan fingerprint density at radius 2 is 2.00 bits per heavy atom. The second-order valence-corrected chi connectivity index (χ2v) is 7.12. The van der Waals surface area contributed by atoms with Gasteiger partial charge in [-0.05, 0) is 40.9 Å². The second-order valence-electron chi connectivity index (χ2n) is 7.12. The lowest BCUT2D eigenvalue weighted by molar-refractivity contribution is -0.0222. The molecule has 1 aliphatic rings. The first-order valence-electron chi connectivity index (χ1n) is 7.72. The second kappa shape index (κ2) is 6.74. The van der Waals surface area contributed by atoms with Gasteiger partial charge in [-0.3, -0.25) is 0 Å². The van der Waals surface area contributed by atoms with Crippen LogP contribution < -0.4 is 4.74 Å². The Balaban J connectivity index is 1.84. The molecule has 23 heavy (non-hydrogen) atoms. The Morgan fingerprint density at radius 1 is 1.35 bits per heavy atom. The molecule has 1 fully saturated rings. The third-order valence-corrected chi connectivity index (χ3v) is 3.31. The van der Waals surface area contributed by atoms with Crippen LogP contribution in [0, 0.1) is 5.82 Å². The van der Waals surface area contributed by atoms with E-state index in [0.29, 0.717) is 30.9 Å². The largest absolute Gasteiger partial charge is 0.487 e. The molecule has 0 atom stereocenters. The molecule has 1 aromatic rings. The summed E-state index contributed by atoms with van der Waals surface area (Å²) in [7, 11) is 3.78. The minimum atomic E-state index is -0.506. The van der Waals surface area contributed by atoms with Crippen LogP contribution in [0.15, 0.2) is 18.2 Å². The van der Waals surface area contributed by atoms with Gasteiger partial charge in [0.05, 0.1) is 13.1 Å². The van der Waals surface area contributed by atoms with Crippen LogP contribution in [-0.4, -0.2) is 54.8 Å². The predicted molar refractivity (Wildman–Crippen MR) is 86.0 cm³/mol. The van der Waals surface area contributed by atoms with Gasteiger partial charge in [0.1, 0.15) is 23.3 Å². The number of amides is 1. The van der Waals surface area contributed by atoms with Crippen molar-refractivity contribution in [1.82, 2.24) is 9.80 Å². The highest BCUT2D eigenvalue weighted by Crippen LogP contribution is 2.23. The van der Waals surface area contributed by atoms with Gasteiger partial charge in [-0.2, -0.15) is 0 Å². The number of halogens is 1. The van der Waals surface area contributed by atoms with Crippen molar-refractivity contribution in [3.05, 3.63) is 29.6 Å². The van der Waals surface area contributed by atoms with Crippen LogP contribution in [0.1, 0.15) is 26.3 Å². The zero-order valence-electron chi connectivity index (χ0n) is 14.4. The quantitative estimate of drug-likeness (QED) is 0.854. The van der Waals surface area contributed by atoms with E-state index in [1.54, 1.807) is 17.0 Å². The lowest BCUT2D eigenvalue weighted by atomic mass is 10.1. The van der Waals surface area contributed by atoms with Crippen LogP contribution in [0.3, 0.4) is 0 Å². The van der Waals surface area contributed by atoms with Crippen molar-refractivity contribution < 1.29 is 18.7 Å². The van der Waals surface area contributed by atoms with Gasteiger partial charge in [0.2, 0.25) is 0 Å². The van der Waals surface area contributed by atoms with Crippen molar-refractivity contribution in [2.45, 2.75) is 39.0 Å². The fraction of sp³-hybridized carbons (Fsp3) is 0.588. The van der Waals surface area contributed by atoms with Crippen LogP contribution in [0.5, 0.6) is 5.75 Å². The van der Waals surface area contributed by atoms with Gasteiger partial charge in [-0.15, -0.1) is 0 Å². The van der Waals surface area contributed by atoms with Crippen molar-refractivity contribution in [2.75, 3.05) is 27.2 Å². The number of hydrogen-bond donors (Lipinski definition) is 0. The van der Waals surface area contributed by atoms with Crippen molar-refractivity contribution >= 4 is 6.09 Å². The summed E-state index contributed by atoms with van der Waals surface area (Å²) < 4.78 is 25.0. The van der Waals surface area contributed by atoms with E-state index in [1.165, 1.54) is 6.07 Å². The average Bonchev–Trinajstić information content (AvgIpc) is 2.33. The molecule has 0 unspecified atom stereocenters. The third-order valence-electron chi connectivity index (χ3n) is 3.31. The van der Waals surface area contributed by atoms with Crippen LogP contribution >= 0.6 is 0 Å². The smallest absolute Gasteiger partial charge is 0.410 e. The molecular formula is C17H25FN2O3. The number of ether oxygens (including phenoxy) is 2. The molecule has 128 valence electrons. The summed E-state index contributed by atoms with van der Waals surface area (Å²) in [6, 6.07) is 4.89. The molecular weight excluding hydrogens is 299 g/mol. The topological polar surface area (TPSA) is 42.0 Å². The average molecular weight is 324 g/mol. The number of carbonyl (C=O) groups excluding carboxylic acids is 1. The number of nitrogens with zero attached hydrogens (tertiary/aromatic N) is 2. The Hall–Kier alpha value is -1.82. The zero-order chi connectivity index (χ0) is 17.2. The van der Waals surface area contributed by atoms with E-state index in [2.05, 4.69) is 0 Å². The van der Waals surface area contributed by atoms with E-state index in [4.69, 9.17) is 9.47 Å². The minimum absolute atomic E-state index is 0.124. The summed E-state index contributed by atoms with van der Waals surface area (Å²) in [5.41, 5.74) is 0.125. The Labute approximate surface area is 137 Å². The monoisotopic (exact) mass is 324 g/mol. The van der Waals surface area contributed by atoms with Gasteiger partial charge in [-0.1, -0.05) is 6.07 Å². The van der Waals surface area contributed by atoms with Crippen molar-refractivity contribution in [3.63, 3.8) is 0 Å². The molecule has 0 aromatic heterocycles. The van der Waals surface area contributed by atoms with E-state index in [1.807, 2.05) is 39.8 Å². The Morgan fingerprint density at radius 3 is 2.52 bits per heavy atom. The van der Waals surface area contributed by atoms with Gasteiger partial charge in [0.25, 0.3) is 0 Å². The summed E-state index contributed by atoms with van der Waals surface area (Å²) in [5, 5.41) is 0. The number of benzene rings is 1. The molecule has 1 saturated heterocycles. The molecule has 1 heterocycles. The van der Waals surface area contributed by atoms with E-state index in [9.17, 15) is 9.18 Å². The van der Waals surface area contributed by atoms with Crippen LogP contribution in [0.2, 0.25) is 0 Å². The van der Waals surface area contributed by atoms with E-state index in [-0.39, 0.29) is 18.0 Å². The molecule has 6 heteroatoms. The molecule has 0 saturated carbocycles. The molecule has 1 aromatic carbocycles. The van der Waals surface area contributed by atoms with Gasteiger partial charge >= 0.3 is 6.09 Å². The van der Waals surface area contributed by atoms with Gasteiger partial charge in [-0.25, -0.2) is 9.18 Å². The SMILES string of the molecule is CN(C)Cc1ccc(OC2CN(C(=O)OC(C)(C)C)C2)cc1F. The summed E-state index contributed by atoms with van der Waals surface area (Å²) >= 11 is 0. The highest BCUT2D eigenvalue weighted by atomic mass is 19.1. The standard InChI is InChI=1S/C17H25FN2O3/c1-17(2,3)23-16(21)20-10-14(11-20)22-13-7-6-12(9-19(4)5)15(18)8-13/h6-8,14H,9-11H2,1-5H3. The molecule has 0 radical (unpaired) electrons. The maximum Gasteiger partial charge on any atom is 0.410 e. The van der Waals surface area contributed by atoms with Crippen molar-refractivity contribution in [1.29, 1.82) is 0 Å². The fourth-order valence-electron chi connectivity index (χ4n) is 2.25. The molecule has 1 amide bonds. The summed E-state index contributed by atoms with van der Waals surface area (Å²) in [4.78, 5) is 15.3. The van der Waals surface area contributed by atoms with Gasteiger partial charge in [0, 0.05) is 18.2 Å². The molecule has 0 bridgehead atoms. The first-order valence-corrected chi connectivity index (χ1v) is 7.72. The number of hydrogen-bond acceptors (Lipinski definition) is 4. The Bertz CT molecular complexity index is 563. The number of carbonyl (C=O) groups is 1. The van der Waals surface area contributed by atoms with Crippen LogP contribution in [0.25, 0.3) is 0 Å². The minimum Gasteiger partial charge on any atom is -0.487 e. The number of rotatable bonds is 4. The lowest BCUT2D eigenvalue weighted by Gasteiger charge is -2.39. The van der Waals surface area contributed by atoms with Crippen molar-refractivity contribution in [3.8, 4) is 5.75 Å². The van der Waals surface area contributed by atoms with Crippen LogP contribution in [-0.2, 0) is 11.3 Å². The van der Waals surface area contributed by atoms with Gasteiger partial charge < -0.3 is 19.3 Å². The van der Waals surface area contributed by atoms with Crippen molar-refractivity contribution in [2.24, 2.45) is 0 Å². The molecule has 0 aliphatic carbocycles. The molecule has 5 nitrogen and oxygen atoms in total. The van der Waals surface area contributed by atoms with Crippen LogP contribution in [0.4, 0.5) is 9.18 Å². The third kappa shape index (κ3) is 5.10. The lowest BCUT2D eigenvalue weighted by Crippen LogP contribution is -2.57. The highest BCUT2D eigenvalue weighted by Gasteiger charge is 2.35. The van der Waals surface area contributed by atoms with E-state index in [0.717, 1.165) is 0 Å². The van der Waals surface area contributed by atoms with E-state index >= 15 is 0 Å². The first kappa shape index (κ1) is 17.5. The molecule has 0 N–H and O–H groups in total.